The standard InChI is InChI=1S/C20H26FN3O/c1-15(14-19(25)16-5-7-17(21)8-6-16)23-18-9-12-24(13-10-18)20-4-2-3-11-22-20/h2-8,11,15,18-19,23,25H,9-10,12-14H2,1H3/t15-,19-/m0/s1. The highest BCUT2D eigenvalue weighted by Gasteiger charge is 2.22. The minimum Gasteiger partial charge on any atom is -0.388 e. The number of piperidine rings is 1. The number of hydrogen-bond donors (Lipinski definition) is 2. The Morgan fingerprint density at radius 1 is 1.20 bits per heavy atom. The van der Waals surface area contributed by atoms with Gasteiger partial charge in [-0.3, -0.25) is 0 Å². The summed E-state index contributed by atoms with van der Waals surface area (Å²) in [5, 5.41) is 13.9. The quantitative estimate of drug-likeness (QED) is 0.845. The fourth-order valence-corrected chi connectivity index (χ4v) is 3.44. The van der Waals surface area contributed by atoms with Gasteiger partial charge in [0.2, 0.25) is 0 Å². The van der Waals surface area contributed by atoms with E-state index in [1.54, 1.807) is 12.1 Å². The molecule has 1 aliphatic rings. The van der Waals surface area contributed by atoms with E-state index >= 15 is 0 Å². The van der Waals surface area contributed by atoms with E-state index in [1.807, 2.05) is 18.3 Å². The van der Waals surface area contributed by atoms with E-state index < -0.39 is 6.10 Å². The van der Waals surface area contributed by atoms with Crippen molar-refractivity contribution in [2.75, 3.05) is 18.0 Å². The van der Waals surface area contributed by atoms with Crippen LogP contribution >= 0.6 is 0 Å². The van der Waals surface area contributed by atoms with Crippen LogP contribution in [0.25, 0.3) is 0 Å². The molecule has 25 heavy (non-hydrogen) atoms. The summed E-state index contributed by atoms with van der Waals surface area (Å²) in [7, 11) is 0. The summed E-state index contributed by atoms with van der Waals surface area (Å²) in [6, 6.07) is 12.7. The van der Waals surface area contributed by atoms with Gasteiger partial charge in [-0.05, 0) is 56.0 Å². The highest BCUT2D eigenvalue weighted by atomic mass is 19.1. The van der Waals surface area contributed by atoms with E-state index in [9.17, 15) is 9.50 Å². The van der Waals surface area contributed by atoms with Crippen LogP contribution in [-0.4, -0.2) is 35.3 Å². The molecule has 1 saturated heterocycles. The molecule has 2 N–H and O–H groups in total. The third-order valence-corrected chi connectivity index (χ3v) is 4.82. The molecule has 1 fully saturated rings. The van der Waals surface area contributed by atoms with Gasteiger partial charge in [-0.25, -0.2) is 9.37 Å². The average molecular weight is 343 g/mol. The number of anilines is 1. The highest BCUT2D eigenvalue weighted by Crippen LogP contribution is 2.21. The molecule has 1 aromatic carbocycles. The van der Waals surface area contributed by atoms with Gasteiger partial charge in [-0.15, -0.1) is 0 Å². The summed E-state index contributed by atoms with van der Waals surface area (Å²) >= 11 is 0. The molecule has 2 atom stereocenters. The van der Waals surface area contributed by atoms with Crippen molar-refractivity contribution in [2.45, 2.75) is 44.4 Å². The molecule has 0 bridgehead atoms. The lowest BCUT2D eigenvalue weighted by molar-refractivity contribution is 0.150. The first kappa shape index (κ1) is 17.8. The Hall–Kier alpha value is -1.98. The summed E-state index contributed by atoms with van der Waals surface area (Å²) in [6.07, 6.45) is 4.00. The first-order chi connectivity index (χ1) is 12.1. The predicted octanol–water partition coefficient (Wildman–Crippen LogP) is 3.29. The van der Waals surface area contributed by atoms with Crippen LogP contribution in [0, 0.1) is 5.82 Å². The zero-order valence-electron chi connectivity index (χ0n) is 14.6. The molecule has 0 amide bonds. The molecule has 1 aliphatic heterocycles. The Bertz CT molecular complexity index is 642. The summed E-state index contributed by atoms with van der Waals surface area (Å²) < 4.78 is 13.0. The van der Waals surface area contributed by atoms with Crippen molar-refractivity contribution >= 4 is 5.82 Å². The van der Waals surface area contributed by atoms with E-state index in [0.29, 0.717) is 12.5 Å². The Kier molecular flexibility index (Phi) is 6.00. The van der Waals surface area contributed by atoms with Crippen LogP contribution < -0.4 is 10.2 Å². The molecule has 0 radical (unpaired) electrons. The van der Waals surface area contributed by atoms with Crippen LogP contribution in [0.4, 0.5) is 10.2 Å². The van der Waals surface area contributed by atoms with Crippen molar-refractivity contribution in [2.24, 2.45) is 0 Å². The fraction of sp³-hybridized carbons (Fsp3) is 0.450. The summed E-state index contributed by atoms with van der Waals surface area (Å²) in [5.41, 5.74) is 0.764. The molecular formula is C20H26FN3O. The van der Waals surface area contributed by atoms with Crippen LogP contribution in [0.3, 0.4) is 0 Å². The largest absolute Gasteiger partial charge is 0.388 e. The molecule has 3 rings (SSSR count). The van der Waals surface area contributed by atoms with E-state index in [4.69, 9.17) is 0 Å². The van der Waals surface area contributed by atoms with Crippen LogP contribution in [0.2, 0.25) is 0 Å². The van der Waals surface area contributed by atoms with Crippen molar-refractivity contribution in [3.05, 3.63) is 60.0 Å². The van der Waals surface area contributed by atoms with E-state index in [0.717, 1.165) is 37.3 Å². The Balaban J connectivity index is 1.44. The topological polar surface area (TPSA) is 48.4 Å². The third kappa shape index (κ3) is 5.00. The van der Waals surface area contributed by atoms with Crippen molar-refractivity contribution < 1.29 is 9.50 Å². The number of aliphatic hydroxyl groups is 1. The lowest BCUT2D eigenvalue weighted by Crippen LogP contribution is -2.46. The van der Waals surface area contributed by atoms with Crippen molar-refractivity contribution in [1.82, 2.24) is 10.3 Å². The molecular weight excluding hydrogens is 317 g/mol. The number of benzene rings is 1. The van der Waals surface area contributed by atoms with Gasteiger partial charge < -0.3 is 15.3 Å². The average Bonchev–Trinajstić information content (AvgIpc) is 2.63. The van der Waals surface area contributed by atoms with Crippen LogP contribution in [0.15, 0.2) is 48.7 Å². The summed E-state index contributed by atoms with van der Waals surface area (Å²) in [6.45, 7) is 4.07. The maximum atomic E-state index is 13.0. The Morgan fingerprint density at radius 2 is 1.92 bits per heavy atom. The second-order valence-electron chi connectivity index (χ2n) is 6.82. The molecule has 2 heterocycles. The maximum absolute atomic E-state index is 13.0. The fourth-order valence-electron chi connectivity index (χ4n) is 3.44. The lowest BCUT2D eigenvalue weighted by Gasteiger charge is -2.35. The molecule has 0 aliphatic carbocycles. The number of aromatic nitrogens is 1. The van der Waals surface area contributed by atoms with Gasteiger partial charge in [0.25, 0.3) is 0 Å². The number of nitrogens with zero attached hydrogens (tertiary/aromatic N) is 2. The van der Waals surface area contributed by atoms with Gasteiger partial charge in [0.05, 0.1) is 6.10 Å². The molecule has 2 aromatic rings. The number of hydrogen-bond acceptors (Lipinski definition) is 4. The minimum atomic E-state index is -0.572. The SMILES string of the molecule is C[C@@H](C[C@H](O)c1ccc(F)cc1)NC1CCN(c2ccccn2)CC1. The zero-order chi connectivity index (χ0) is 17.6. The monoisotopic (exact) mass is 343 g/mol. The van der Waals surface area contributed by atoms with Gasteiger partial charge in [-0.2, -0.15) is 0 Å². The second-order valence-corrected chi connectivity index (χ2v) is 6.82. The Labute approximate surface area is 148 Å². The Morgan fingerprint density at radius 3 is 2.56 bits per heavy atom. The highest BCUT2D eigenvalue weighted by molar-refractivity contribution is 5.38. The van der Waals surface area contributed by atoms with Crippen LogP contribution in [-0.2, 0) is 0 Å². The second kappa shape index (κ2) is 8.41. The third-order valence-electron chi connectivity index (χ3n) is 4.82. The van der Waals surface area contributed by atoms with Gasteiger partial charge in [0, 0.05) is 31.4 Å². The predicted molar refractivity (Wildman–Crippen MR) is 98.0 cm³/mol. The van der Waals surface area contributed by atoms with Crippen LogP contribution in [0.1, 0.15) is 37.9 Å². The van der Waals surface area contributed by atoms with Crippen molar-refractivity contribution in [3.8, 4) is 0 Å². The number of rotatable bonds is 6. The summed E-state index contributed by atoms with van der Waals surface area (Å²) in [4.78, 5) is 6.73. The molecule has 0 spiro atoms. The first-order valence-corrected chi connectivity index (χ1v) is 8.97. The molecule has 4 nitrogen and oxygen atoms in total. The number of pyridine rings is 1. The van der Waals surface area contributed by atoms with Crippen molar-refractivity contribution in [1.29, 1.82) is 0 Å². The van der Waals surface area contributed by atoms with E-state index in [2.05, 4.69) is 28.2 Å². The van der Waals surface area contributed by atoms with Gasteiger partial charge in [0.15, 0.2) is 0 Å². The molecule has 5 heteroatoms. The lowest BCUT2D eigenvalue weighted by atomic mass is 9.99. The number of halogens is 1. The molecule has 134 valence electrons. The van der Waals surface area contributed by atoms with Gasteiger partial charge in [0.1, 0.15) is 11.6 Å². The van der Waals surface area contributed by atoms with Crippen LogP contribution in [0.5, 0.6) is 0 Å². The number of nitrogens with one attached hydrogen (secondary N) is 1. The number of aliphatic hydroxyl groups excluding tert-OH is 1. The smallest absolute Gasteiger partial charge is 0.128 e. The van der Waals surface area contributed by atoms with Gasteiger partial charge >= 0.3 is 0 Å². The van der Waals surface area contributed by atoms with Gasteiger partial charge in [-0.1, -0.05) is 18.2 Å². The first-order valence-electron chi connectivity index (χ1n) is 8.97. The van der Waals surface area contributed by atoms with Crippen molar-refractivity contribution in [3.63, 3.8) is 0 Å². The molecule has 0 saturated carbocycles. The molecule has 1 aromatic heterocycles. The maximum Gasteiger partial charge on any atom is 0.128 e. The van der Waals surface area contributed by atoms with E-state index in [1.165, 1.54) is 12.1 Å². The van der Waals surface area contributed by atoms with E-state index in [-0.39, 0.29) is 11.9 Å². The zero-order valence-corrected chi connectivity index (χ0v) is 14.6. The normalized spacial score (nSPS) is 18.1. The summed E-state index contributed by atoms with van der Waals surface area (Å²) in [5.74, 6) is 0.766. The minimum absolute atomic E-state index is 0.200. The molecule has 0 unspecified atom stereocenters.